The van der Waals surface area contributed by atoms with Crippen LogP contribution in [0.4, 0.5) is 5.69 Å². The van der Waals surface area contributed by atoms with Crippen LogP contribution in [0.1, 0.15) is 6.92 Å². The molecule has 2 amide bonds. The van der Waals surface area contributed by atoms with Crippen LogP contribution in [0.3, 0.4) is 0 Å². The maximum absolute atomic E-state index is 11.6. The number of carbonyl (C=O) groups excluding carboxylic acids is 2. The van der Waals surface area contributed by atoms with E-state index in [4.69, 9.17) is 33.0 Å². The van der Waals surface area contributed by atoms with Crippen molar-refractivity contribution in [3.05, 3.63) is 34.3 Å². The topological polar surface area (TPSA) is 117 Å². The molecule has 0 aromatic heterocycles. The first-order valence-corrected chi connectivity index (χ1v) is 7.26. The Balaban J connectivity index is 2.58. The van der Waals surface area contributed by atoms with Crippen LogP contribution in [-0.4, -0.2) is 35.7 Å². The highest BCUT2D eigenvalue weighted by molar-refractivity contribution is 6.51. The van der Waals surface area contributed by atoms with Crippen molar-refractivity contribution < 1.29 is 24.2 Å². The quantitative estimate of drug-likeness (QED) is 0.304. The number of aliphatic carboxylic acids is 1. The lowest BCUT2D eigenvalue weighted by molar-refractivity contribution is -0.136. The van der Waals surface area contributed by atoms with Crippen LogP contribution in [0.15, 0.2) is 39.4 Å². The summed E-state index contributed by atoms with van der Waals surface area (Å²) in [6.45, 7) is 2.35. The van der Waals surface area contributed by atoms with E-state index in [1.165, 1.54) is 0 Å². The Labute approximate surface area is 147 Å². The number of hydrazone groups is 1. The molecule has 10 heteroatoms. The number of rotatable bonds is 6. The van der Waals surface area contributed by atoms with Crippen molar-refractivity contribution in [3.63, 3.8) is 0 Å². The maximum Gasteiger partial charge on any atom is 0.348 e. The molecule has 0 fully saturated rings. The summed E-state index contributed by atoms with van der Waals surface area (Å²) in [6, 6.07) is 6.39. The van der Waals surface area contributed by atoms with E-state index in [0.29, 0.717) is 18.0 Å². The van der Waals surface area contributed by atoms with Gasteiger partial charge in [-0.15, -0.1) is 0 Å². The van der Waals surface area contributed by atoms with Crippen LogP contribution in [0.5, 0.6) is 5.75 Å². The zero-order valence-corrected chi connectivity index (χ0v) is 13.9. The van der Waals surface area contributed by atoms with Gasteiger partial charge in [0.05, 0.1) is 17.9 Å². The molecule has 1 aromatic carbocycles. The number of halogens is 2. The lowest BCUT2D eigenvalue weighted by Crippen LogP contribution is -2.32. The lowest BCUT2D eigenvalue weighted by Gasteiger charge is -2.06. The molecule has 1 aromatic rings. The summed E-state index contributed by atoms with van der Waals surface area (Å²) in [5, 5.41) is 13.2. The van der Waals surface area contributed by atoms with Gasteiger partial charge < -0.3 is 15.2 Å². The summed E-state index contributed by atoms with van der Waals surface area (Å²) in [4.78, 5) is 33.7. The van der Waals surface area contributed by atoms with Gasteiger partial charge in [-0.05, 0) is 31.2 Å². The number of anilines is 1. The Hall–Kier alpha value is -2.58. The highest BCUT2D eigenvalue weighted by Crippen LogP contribution is 2.15. The van der Waals surface area contributed by atoms with E-state index in [2.05, 4.69) is 10.4 Å². The van der Waals surface area contributed by atoms with Crippen LogP contribution in [0.2, 0.25) is 0 Å². The number of amides is 2. The van der Waals surface area contributed by atoms with Gasteiger partial charge in [-0.25, -0.2) is 10.2 Å². The van der Waals surface area contributed by atoms with Crippen LogP contribution in [0.25, 0.3) is 0 Å². The SMILES string of the molecule is CCOc1ccc(NC(=O)C(=O)N/N=C/C(Cl)=C(Cl)C(=O)O)cc1. The van der Waals surface area contributed by atoms with Gasteiger partial charge in [0, 0.05) is 5.69 Å². The predicted molar refractivity (Wildman–Crippen MR) is 89.2 cm³/mol. The molecule has 128 valence electrons. The number of carbonyl (C=O) groups is 3. The molecule has 1 rings (SSSR count). The summed E-state index contributed by atoms with van der Waals surface area (Å²) < 4.78 is 5.24. The number of nitrogens with zero attached hydrogens (tertiary/aromatic N) is 1. The molecule has 0 aliphatic heterocycles. The third kappa shape index (κ3) is 6.27. The summed E-state index contributed by atoms with van der Waals surface area (Å²) in [6.07, 6.45) is 0.792. The van der Waals surface area contributed by atoms with E-state index < -0.39 is 27.8 Å². The average Bonchev–Trinajstić information content (AvgIpc) is 2.55. The normalized spacial score (nSPS) is 11.6. The van der Waals surface area contributed by atoms with Crippen molar-refractivity contribution in [2.75, 3.05) is 11.9 Å². The third-order valence-electron chi connectivity index (χ3n) is 2.37. The van der Waals surface area contributed by atoms with Crippen molar-refractivity contribution in [3.8, 4) is 5.75 Å². The summed E-state index contributed by atoms with van der Waals surface area (Å²) in [7, 11) is 0. The van der Waals surface area contributed by atoms with Crippen molar-refractivity contribution in [2.24, 2.45) is 5.10 Å². The molecule has 0 heterocycles. The van der Waals surface area contributed by atoms with Crippen LogP contribution in [0, 0.1) is 0 Å². The highest BCUT2D eigenvalue weighted by atomic mass is 35.5. The molecule has 0 aliphatic carbocycles. The molecule has 24 heavy (non-hydrogen) atoms. The summed E-state index contributed by atoms with van der Waals surface area (Å²) in [5.74, 6) is -2.87. The number of hydrogen-bond acceptors (Lipinski definition) is 5. The van der Waals surface area contributed by atoms with Crippen molar-refractivity contribution in [1.82, 2.24) is 5.43 Å². The first kappa shape index (κ1) is 19.5. The van der Waals surface area contributed by atoms with Crippen molar-refractivity contribution >= 4 is 52.9 Å². The molecular weight excluding hydrogens is 361 g/mol. The molecule has 0 spiro atoms. The molecule has 0 unspecified atom stereocenters. The fraction of sp³-hybridized carbons (Fsp3) is 0.143. The maximum atomic E-state index is 11.6. The zero-order chi connectivity index (χ0) is 18.1. The largest absolute Gasteiger partial charge is 0.494 e. The summed E-state index contributed by atoms with van der Waals surface area (Å²) >= 11 is 10.9. The molecule has 0 aliphatic rings. The number of nitrogens with one attached hydrogen (secondary N) is 2. The van der Waals surface area contributed by atoms with Gasteiger partial charge in [0.25, 0.3) is 0 Å². The molecule has 8 nitrogen and oxygen atoms in total. The van der Waals surface area contributed by atoms with E-state index in [1.807, 2.05) is 12.3 Å². The Morgan fingerprint density at radius 3 is 2.38 bits per heavy atom. The molecule has 0 saturated carbocycles. The van der Waals surface area contributed by atoms with Gasteiger partial charge in [-0.3, -0.25) is 9.59 Å². The minimum atomic E-state index is -1.45. The Morgan fingerprint density at radius 1 is 1.21 bits per heavy atom. The monoisotopic (exact) mass is 373 g/mol. The van der Waals surface area contributed by atoms with Crippen molar-refractivity contribution in [2.45, 2.75) is 6.92 Å². The van der Waals surface area contributed by atoms with E-state index in [9.17, 15) is 14.4 Å². The first-order valence-electron chi connectivity index (χ1n) is 6.51. The second-order valence-corrected chi connectivity index (χ2v) is 4.86. The Kier molecular flexibility index (Phi) is 7.73. The number of ether oxygens (including phenoxy) is 1. The molecule has 0 radical (unpaired) electrons. The predicted octanol–water partition coefficient (Wildman–Crippen LogP) is 1.90. The standard InChI is InChI=1S/C14H13Cl2N3O5/c1-2-24-9-5-3-8(4-6-9)18-12(20)13(21)19-17-7-10(15)11(16)14(22)23/h3-7H,2H2,1H3,(H,18,20)(H,19,21)(H,22,23)/b11-10?,17-7+. The molecular formula is C14H13Cl2N3O5. The molecule has 3 N–H and O–H groups in total. The van der Waals surface area contributed by atoms with Gasteiger partial charge in [0.2, 0.25) is 0 Å². The minimum absolute atomic E-state index is 0.384. The number of benzene rings is 1. The van der Waals surface area contributed by atoms with E-state index >= 15 is 0 Å². The fourth-order valence-corrected chi connectivity index (χ4v) is 1.52. The second kappa shape index (κ2) is 9.53. The zero-order valence-electron chi connectivity index (χ0n) is 12.4. The van der Waals surface area contributed by atoms with Gasteiger partial charge >= 0.3 is 17.8 Å². The molecule has 0 saturated heterocycles. The first-order chi connectivity index (χ1) is 11.3. The van der Waals surface area contributed by atoms with E-state index in [0.717, 1.165) is 6.21 Å². The number of allylic oxidation sites excluding steroid dienone is 1. The van der Waals surface area contributed by atoms with Gasteiger partial charge in [-0.1, -0.05) is 23.2 Å². The number of carboxylic acids is 1. The Morgan fingerprint density at radius 2 is 1.83 bits per heavy atom. The second-order valence-electron chi connectivity index (χ2n) is 4.08. The highest BCUT2D eigenvalue weighted by Gasteiger charge is 2.13. The van der Waals surface area contributed by atoms with Crippen LogP contribution >= 0.6 is 23.2 Å². The average molecular weight is 374 g/mol. The number of carboxylic acid groups (broad SMARTS) is 1. The Bertz CT molecular complexity index is 686. The minimum Gasteiger partial charge on any atom is -0.494 e. The smallest absolute Gasteiger partial charge is 0.348 e. The van der Waals surface area contributed by atoms with E-state index in [-0.39, 0.29) is 0 Å². The van der Waals surface area contributed by atoms with Crippen LogP contribution in [-0.2, 0) is 14.4 Å². The summed E-state index contributed by atoms with van der Waals surface area (Å²) in [5.41, 5.74) is 2.27. The van der Waals surface area contributed by atoms with Gasteiger partial charge in [-0.2, -0.15) is 5.10 Å². The van der Waals surface area contributed by atoms with Gasteiger partial charge in [0.15, 0.2) is 0 Å². The molecule has 0 bridgehead atoms. The van der Waals surface area contributed by atoms with Crippen molar-refractivity contribution in [1.29, 1.82) is 0 Å². The van der Waals surface area contributed by atoms with Gasteiger partial charge in [0.1, 0.15) is 10.8 Å². The fourth-order valence-electron chi connectivity index (χ4n) is 1.35. The number of hydrogen-bond donors (Lipinski definition) is 3. The van der Waals surface area contributed by atoms with Crippen LogP contribution < -0.4 is 15.5 Å². The van der Waals surface area contributed by atoms with E-state index in [1.54, 1.807) is 24.3 Å². The molecule has 0 atom stereocenters. The third-order valence-corrected chi connectivity index (χ3v) is 3.12. The lowest BCUT2D eigenvalue weighted by atomic mass is 10.3.